The van der Waals surface area contributed by atoms with Crippen molar-refractivity contribution in [3.8, 4) is 0 Å². The molecular formula is C15H25N3. The Morgan fingerprint density at radius 1 is 1.22 bits per heavy atom. The third-order valence-corrected chi connectivity index (χ3v) is 4.38. The van der Waals surface area contributed by atoms with Crippen LogP contribution in [-0.2, 0) is 6.54 Å². The largest absolute Gasteiger partial charge is 0.334 e. The van der Waals surface area contributed by atoms with Crippen LogP contribution in [0.2, 0.25) is 0 Å². The van der Waals surface area contributed by atoms with E-state index in [9.17, 15) is 0 Å². The molecule has 0 spiro atoms. The minimum atomic E-state index is 0.672. The van der Waals surface area contributed by atoms with Gasteiger partial charge in [-0.1, -0.05) is 13.8 Å². The molecule has 1 heterocycles. The van der Waals surface area contributed by atoms with E-state index in [1.165, 1.54) is 37.8 Å². The second-order valence-electron chi connectivity index (χ2n) is 6.54. The van der Waals surface area contributed by atoms with Crippen LogP contribution < -0.4 is 5.32 Å². The second kappa shape index (κ2) is 5.04. The Morgan fingerprint density at radius 3 is 2.61 bits per heavy atom. The van der Waals surface area contributed by atoms with Gasteiger partial charge < -0.3 is 9.88 Å². The second-order valence-corrected chi connectivity index (χ2v) is 6.54. The molecule has 2 unspecified atom stereocenters. The summed E-state index contributed by atoms with van der Waals surface area (Å²) in [7, 11) is 0. The van der Waals surface area contributed by atoms with Gasteiger partial charge in [0.2, 0.25) is 0 Å². The number of hydrogen-bond donors (Lipinski definition) is 1. The van der Waals surface area contributed by atoms with E-state index >= 15 is 0 Å². The summed E-state index contributed by atoms with van der Waals surface area (Å²) in [5.41, 5.74) is 1.20. The van der Waals surface area contributed by atoms with Crippen LogP contribution in [0.1, 0.15) is 57.7 Å². The Hall–Kier alpha value is -0.830. The fourth-order valence-corrected chi connectivity index (χ4v) is 3.35. The number of nitrogens with one attached hydrogen (secondary N) is 1. The Kier molecular flexibility index (Phi) is 3.42. The minimum absolute atomic E-state index is 0.672. The molecule has 3 heteroatoms. The lowest BCUT2D eigenvalue weighted by atomic mass is 9.80. The van der Waals surface area contributed by atoms with Crippen LogP contribution in [0.4, 0.5) is 0 Å². The predicted octanol–water partition coefficient (Wildman–Crippen LogP) is 3.13. The maximum absolute atomic E-state index is 4.54. The van der Waals surface area contributed by atoms with Crippen molar-refractivity contribution in [1.82, 2.24) is 14.9 Å². The van der Waals surface area contributed by atoms with Crippen LogP contribution in [0.15, 0.2) is 12.5 Å². The lowest BCUT2D eigenvalue weighted by Gasteiger charge is -2.32. The smallest absolute Gasteiger partial charge is 0.0952 e. The summed E-state index contributed by atoms with van der Waals surface area (Å²) in [6, 6.07) is 1.44. The van der Waals surface area contributed by atoms with Crippen molar-refractivity contribution < 1.29 is 0 Å². The first-order valence-corrected chi connectivity index (χ1v) is 7.46. The van der Waals surface area contributed by atoms with Gasteiger partial charge in [0.15, 0.2) is 0 Å². The minimum Gasteiger partial charge on any atom is -0.334 e. The van der Waals surface area contributed by atoms with Gasteiger partial charge >= 0.3 is 0 Å². The van der Waals surface area contributed by atoms with Crippen molar-refractivity contribution in [2.75, 3.05) is 0 Å². The van der Waals surface area contributed by atoms with Crippen molar-refractivity contribution in [2.45, 2.75) is 64.6 Å². The Bertz CT molecular complexity index is 384. The Morgan fingerprint density at radius 2 is 1.94 bits per heavy atom. The monoisotopic (exact) mass is 247 g/mol. The number of aromatic nitrogens is 2. The maximum atomic E-state index is 4.54. The molecule has 1 aromatic heterocycles. The topological polar surface area (TPSA) is 29.9 Å². The molecule has 0 aliphatic heterocycles. The van der Waals surface area contributed by atoms with Gasteiger partial charge in [0, 0.05) is 24.8 Å². The standard InChI is InChI=1S/C15H25N3/c1-11-5-12(2)7-15(6-11)18-9-14(17-10-18)8-16-13-3-4-13/h9-13,15-16H,3-8H2,1-2H3. The van der Waals surface area contributed by atoms with E-state index in [0.29, 0.717) is 6.04 Å². The molecule has 1 N–H and O–H groups in total. The van der Waals surface area contributed by atoms with Crippen molar-refractivity contribution in [2.24, 2.45) is 11.8 Å². The van der Waals surface area contributed by atoms with Crippen LogP contribution in [0.3, 0.4) is 0 Å². The van der Waals surface area contributed by atoms with E-state index in [-0.39, 0.29) is 0 Å². The van der Waals surface area contributed by atoms with Crippen LogP contribution in [0, 0.1) is 11.8 Å². The first-order valence-electron chi connectivity index (χ1n) is 7.46. The molecule has 2 atom stereocenters. The highest BCUT2D eigenvalue weighted by Gasteiger charge is 2.25. The number of nitrogens with zero attached hydrogens (tertiary/aromatic N) is 2. The fraction of sp³-hybridized carbons (Fsp3) is 0.800. The van der Waals surface area contributed by atoms with Gasteiger partial charge in [-0.2, -0.15) is 0 Å². The highest BCUT2D eigenvalue weighted by molar-refractivity contribution is 5.00. The summed E-state index contributed by atoms with van der Waals surface area (Å²) in [4.78, 5) is 4.54. The summed E-state index contributed by atoms with van der Waals surface area (Å²) in [5.74, 6) is 1.71. The van der Waals surface area contributed by atoms with E-state index in [2.05, 4.69) is 34.9 Å². The quantitative estimate of drug-likeness (QED) is 0.886. The zero-order chi connectivity index (χ0) is 12.5. The van der Waals surface area contributed by atoms with E-state index < -0.39 is 0 Å². The number of imidazole rings is 1. The predicted molar refractivity (Wildman–Crippen MR) is 73.3 cm³/mol. The number of hydrogen-bond acceptors (Lipinski definition) is 2. The van der Waals surface area contributed by atoms with Gasteiger partial charge in [0.25, 0.3) is 0 Å². The average molecular weight is 247 g/mol. The van der Waals surface area contributed by atoms with Gasteiger partial charge in [-0.05, 0) is 43.9 Å². The summed E-state index contributed by atoms with van der Waals surface area (Å²) in [5, 5.41) is 3.53. The van der Waals surface area contributed by atoms with Crippen LogP contribution in [-0.4, -0.2) is 15.6 Å². The van der Waals surface area contributed by atoms with Crippen molar-refractivity contribution in [3.63, 3.8) is 0 Å². The number of rotatable bonds is 4. The molecule has 2 saturated carbocycles. The molecule has 0 amide bonds. The van der Waals surface area contributed by atoms with Crippen molar-refractivity contribution >= 4 is 0 Å². The summed E-state index contributed by atoms with van der Waals surface area (Å²) in [6.45, 7) is 5.71. The zero-order valence-corrected chi connectivity index (χ0v) is 11.6. The van der Waals surface area contributed by atoms with Gasteiger partial charge in [-0.15, -0.1) is 0 Å². The molecule has 0 bridgehead atoms. The normalized spacial score (nSPS) is 32.7. The van der Waals surface area contributed by atoms with Gasteiger partial charge in [-0.25, -0.2) is 4.98 Å². The molecular weight excluding hydrogens is 222 g/mol. The molecule has 3 nitrogen and oxygen atoms in total. The molecule has 0 saturated heterocycles. The molecule has 2 fully saturated rings. The van der Waals surface area contributed by atoms with Crippen LogP contribution in [0.5, 0.6) is 0 Å². The molecule has 18 heavy (non-hydrogen) atoms. The van der Waals surface area contributed by atoms with E-state index in [0.717, 1.165) is 24.4 Å². The Balaban J connectivity index is 1.60. The molecule has 3 rings (SSSR count). The molecule has 2 aliphatic rings. The lowest BCUT2D eigenvalue weighted by Crippen LogP contribution is -2.22. The summed E-state index contributed by atoms with van der Waals surface area (Å²) < 4.78 is 2.36. The first-order chi connectivity index (χ1) is 8.70. The lowest BCUT2D eigenvalue weighted by molar-refractivity contribution is 0.221. The van der Waals surface area contributed by atoms with Crippen LogP contribution in [0.25, 0.3) is 0 Å². The van der Waals surface area contributed by atoms with Gasteiger partial charge in [-0.3, -0.25) is 0 Å². The molecule has 1 aromatic rings. The molecule has 100 valence electrons. The van der Waals surface area contributed by atoms with Gasteiger partial charge in [0.1, 0.15) is 0 Å². The zero-order valence-electron chi connectivity index (χ0n) is 11.6. The molecule has 0 radical (unpaired) electrons. The molecule has 2 aliphatic carbocycles. The highest BCUT2D eigenvalue weighted by Crippen LogP contribution is 2.35. The average Bonchev–Trinajstić information content (AvgIpc) is 3.02. The summed E-state index contributed by atoms with van der Waals surface area (Å²) >= 11 is 0. The van der Waals surface area contributed by atoms with Gasteiger partial charge in [0.05, 0.1) is 12.0 Å². The van der Waals surface area contributed by atoms with E-state index in [1.807, 2.05) is 6.33 Å². The van der Waals surface area contributed by atoms with E-state index in [4.69, 9.17) is 0 Å². The van der Waals surface area contributed by atoms with E-state index in [1.54, 1.807) is 0 Å². The maximum Gasteiger partial charge on any atom is 0.0952 e. The Labute approximate surface area is 110 Å². The third-order valence-electron chi connectivity index (χ3n) is 4.38. The van der Waals surface area contributed by atoms with Crippen LogP contribution >= 0.6 is 0 Å². The fourth-order valence-electron chi connectivity index (χ4n) is 3.35. The van der Waals surface area contributed by atoms with Crippen molar-refractivity contribution in [3.05, 3.63) is 18.2 Å². The first kappa shape index (κ1) is 12.2. The SMILES string of the molecule is CC1CC(C)CC(n2cnc(CNC3CC3)c2)C1. The highest BCUT2D eigenvalue weighted by atomic mass is 15.1. The molecule has 0 aromatic carbocycles. The summed E-state index contributed by atoms with van der Waals surface area (Å²) in [6.07, 6.45) is 11.0. The third kappa shape index (κ3) is 2.94. The van der Waals surface area contributed by atoms with Crippen molar-refractivity contribution in [1.29, 1.82) is 0 Å².